The number of carbonyl (C=O) groups excluding carboxylic acids is 1. The molecule has 0 unspecified atom stereocenters. The number of hydrogen-bond donors (Lipinski definition) is 3. The van der Waals surface area contributed by atoms with Gasteiger partial charge in [0.2, 0.25) is 5.91 Å². The smallest absolute Gasteiger partial charge is 0.222 e. The monoisotopic (exact) mass is 367 g/mol. The Bertz CT molecular complexity index is 455. The SMILES string of the molecule is CN=C(NCCNC(=O)C(C)C)NCC1(N2CCOCC2)CCCCC1. The predicted octanol–water partition coefficient (Wildman–Crippen LogP) is 0.959. The number of nitrogens with one attached hydrogen (secondary N) is 3. The number of guanidine groups is 1. The molecule has 0 atom stereocenters. The van der Waals surface area contributed by atoms with Gasteiger partial charge in [-0.15, -0.1) is 0 Å². The van der Waals surface area contributed by atoms with Gasteiger partial charge in [0.25, 0.3) is 0 Å². The molecule has 1 aliphatic carbocycles. The zero-order valence-corrected chi connectivity index (χ0v) is 16.8. The van der Waals surface area contributed by atoms with E-state index in [9.17, 15) is 4.79 Å². The van der Waals surface area contributed by atoms with E-state index in [0.29, 0.717) is 13.1 Å². The standard InChI is InChI=1S/C19H37N5O2/c1-16(2)17(25)21-9-10-22-18(20-3)23-15-19(7-5-4-6-8-19)24-11-13-26-14-12-24/h16H,4-15H2,1-3H3,(H,21,25)(H2,20,22,23). The fourth-order valence-electron chi connectivity index (χ4n) is 3.89. The van der Waals surface area contributed by atoms with Crippen molar-refractivity contribution in [3.8, 4) is 0 Å². The van der Waals surface area contributed by atoms with Crippen molar-refractivity contribution in [3.63, 3.8) is 0 Å². The Labute approximate surface area is 158 Å². The van der Waals surface area contributed by atoms with E-state index in [1.54, 1.807) is 7.05 Å². The largest absolute Gasteiger partial charge is 0.379 e. The number of ether oxygens (including phenoxy) is 1. The van der Waals surface area contributed by atoms with Crippen LogP contribution in [-0.2, 0) is 9.53 Å². The lowest BCUT2D eigenvalue weighted by atomic mass is 9.80. The molecule has 0 aromatic rings. The van der Waals surface area contributed by atoms with Crippen LogP contribution >= 0.6 is 0 Å². The van der Waals surface area contributed by atoms with E-state index in [-0.39, 0.29) is 17.4 Å². The van der Waals surface area contributed by atoms with Crippen molar-refractivity contribution >= 4 is 11.9 Å². The maximum Gasteiger partial charge on any atom is 0.222 e. The molecular formula is C19H37N5O2. The van der Waals surface area contributed by atoms with Gasteiger partial charge >= 0.3 is 0 Å². The quantitative estimate of drug-likeness (QED) is 0.355. The van der Waals surface area contributed by atoms with Crippen LogP contribution < -0.4 is 16.0 Å². The van der Waals surface area contributed by atoms with Crippen LogP contribution in [0.1, 0.15) is 46.0 Å². The van der Waals surface area contributed by atoms with Gasteiger partial charge in [0, 0.05) is 51.2 Å². The fourth-order valence-corrected chi connectivity index (χ4v) is 3.89. The predicted molar refractivity (Wildman–Crippen MR) is 105 cm³/mol. The van der Waals surface area contributed by atoms with Gasteiger partial charge in [0.15, 0.2) is 5.96 Å². The Balaban J connectivity index is 1.81. The van der Waals surface area contributed by atoms with E-state index in [4.69, 9.17) is 4.74 Å². The molecule has 1 aliphatic heterocycles. The molecule has 1 saturated heterocycles. The summed E-state index contributed by atoms with van der Waals surface area (Å²) in [6, 6.07) is 0. The summed E-state index contributed by atoms with van der Waals surface area (Å²) in [4.78, 5) is 18.6. The molecule has 7 nitrogen and oxygen atoms in total. The number of nitrogens with zero attached hydrogens (tertiary/aromatic N) is 2. The van der Waals surface area contributed by atoms with Crippen LogP contribution in [-0.4, -0.2) is 75.3 Å². The Morgan fingerprint density at radius 2 is 1.73 bits per heavy atom. The fraction of sp³-hybridized carbons (Fsp3) is 0.895. The molecule has 0 bridgehead atoms. The lowest BCUT2D eigenvalue weighted by Crippen LogP contribution is -2.60. The van der Waals surface area contributed by atoms with Crippen molar-refractivity contribution < 1.29 is 9.53 Å². The third-order valence-electron chi connectivity index (χ3n) is 5.52. The van der Waals surface area contributed by atoms with E-state index in [1.165, 1.54) is 32.1 Å². The topological polar surface area (TPSA) is 78.0 Å². The summed E-state index contributed by atoms with van der Waals surface area (Å²) >= 11 is 0. The van der Waals surface area contributed by atoms with Gasteiger partial charge in [-0.3, -0.25) is 14.7 Å². The molecule has 0 spiro atoms. The average molecular weight is 368 g/mol. The molecular weight excluding hydrogens is 330 g/mol. The van der Waals surface area contributed by atoms with Crippen molar-refractivity contribution in [1.29, 1.82) is 0 Å². The van der Waals surface area contributed by atoms with Crippen LogP contribution in [0, 0.1) is 5.92 Å². The van der Waals surface area contributed by atoms with Crippen molar-refractivity contribution in [2.45, 2.75) is 51.5 Å². The number of carbonyl (C=O) groups is 1. The second-order valence-electron chi connectivity index (χ2n) is 7.68. The minimum Gasteiger partial charge on any atom is -0.379 e. The lowest BCUT2D eigenvalue weighted by Gasteiger charge is -2.48. The van der Waals surface area contributed by atoms with Crippen LogP contribution in [0.5, 0.6) is 0 Å². The van der Waals surface area contributed by atoms with Gasteiger partial charge in [-0.25, -0.2) is 0 Å². The van der Waals surface area contributed by atoms with Crippen LogP contribution in [0.2, 0.25) is 0 Å². The number of hydrogen-bond acceptors (Lipinski definition) is 4. The molecule has 0 radical (unpaired) electrons. The zero-order valence-electron chi connectivity index (χ0n) is 16.8. The Morgan fingerprint density at radius 1 is 1.08 bits per heavy atom. The first-order valence-corrected chi connectivity index (χ1v) is 10.1. The van der Waals surface area contributed by atoms with Gasteiger partial charge in [-0.1, -0.05) is 33.1 Å². The van der Waals surface area contributed by atoms with Crippen LogP contribution in [0.15, 0.2) is 4.99 Å². The molecule has 2 rings (SSSR count). The minimum atomic E-state index is 0.0205. The van der Waals surface area contributed by atoms with Crippen LogP contribution in [0.3, 0.4) is 0 Å². The number of aliphatic imine (C=N–C) groups is 1. The second-order valence-corrected chi connectivity index (χ2v) is 7.68. The first kappa shape index (κ1) is 21.0. The van der Waals surface area contributed by atoms with Crippen molar-refractivity contribution in [2.75, 3.05) is 53.0 Å². The summed E-state index contributed by atoms with van der Waals surface area (Å²) in [7, 11) is 1.80. The minimum absolute atomic E-state index is 0.0205. The van der Waals surface area contributed by atoms with Gasteiger partial charge < -0.3 is 20.7 Å². The van der Waals surface area contributed by atoms with Gasteiger partial charge in [0.05, 0.1) is 13.2 Å². The summed E-state index contributed by atoms with van der Waals surface area (Å²) in [5, 5.41) is 9.76. The van der Waals surface area contributed by atoms with Gasteiger partial charge in [0.1, 0.15) is 0 Å². The molecule has 0 aromatic heterocycles. The van der Waals surface area contributed by atoms with Crippen molar-refractivity contribution in [1.82, 2.24) is 20.9 Å². The maximum absolute atomic E-state index is 11.6. The summed E-state index contributed by atoms with van der Waals surface area (Å²) < 4.78 is 5.55. The number of morpholine rings is 1. The van der Waals surface area contributed by atoms with E-state index in [1.807, 2.05) is 13.8 Å². The molecule has 0 aromatic carbocycles. The highest BCUT2D eigenvalue weighted by Crippen LogP contribution is 2.33. The molecule has 2 aliphatic rings. The molecule has 1 heterocycles. The molecule has 2 fully saturated rings. The number of rotatable bonds is 7. The highest BCUT2D eigenvalue weighted by atomic mass is 16.5. The summed E-state index contributed by atoms with van der Waals surface area (Å²) in [6.07, 6.45) is 6.41. The summed E-state index contributed by atoms with van der Waals surface area (Å²) in [6.45, 7) is 9.70. The van der Waals surface area contributed by atoms with Gasteiger partial charge in [-0.05, 0) is 12.8 Å². The Hall–Kier alpha value is -1.34. The zero-order chi connectivity index (χ0) is 18.8. The highest BCUT2D eigenvalue weighted by Gasteiger charge is 2.38. The normalized spacial score (nSPS) is 21.5. The highest BCUT2D eigenvalue weighted by molar-refractivity contribution is 5.80. The van der Waals surface area contributed by atoms with E-state index < -0.39 is 0 Å². The third kappa shape index (κ3) is 6.13. The van der Waals surface area contributed by atoms with E-state index in [2.05, 4.69) is 25.8 Å². The first-order chi connectivity index (χ1) is 12.6. The third-order valence-corrected chi connectivity index (χ3v) is 5.52. The summed E-state index contributed by atoms with van der Waals surface area (Å²) in [5.41, 5.74) is 0.214. The van der Waals surface area contributed by atoms with E-state index >= 15 is 0 Å². The van der Waals surface area contributed by atoms with Gasteiger partial charge in [-0.2, -0.15) is 0 Å². The molecule has 1 amide bonds. The Morgan fingerprint density at radius 3 is 2.35 bits per heavy atom. The molecule has 1 saturated carbocycles. The lowest BCUT2D eigenvalue weighted by molar-refractivity contribution is -0.123. The number of amides is 1. The molecule has 3 N–H and O–H groups in total. The van der Waals surface area contributed by atoms with E-state index in [0.717, 1.165) is 38.8 Å². The van der Waals surface area contributed by atoms with Crippen molar-refractivity contribution in [3.05, 3.63) is 0 Å². The summed E-state index contributed by atoms with van der Waals surface area (Å²) in [5.74, 6) is 0.914. The molecule has 7 heteroatoms. The van der Waals surface area contributed by atoms with Crippen LogP contribution in [0.25, 0.3) is 0 Å². The molecule has 150 valence electrons. The average Bonchev–Trinajstić information content (AvgIpc) is 2.68. The second kappa shape index (κ2) is 10.7. The molecule has 26 heavy (non-hydrogen) atoms. The first-order valence-electron chi connectivity index (χ1n) is 10.1. The van der Waals surface area contributed by atoms with Crippen molar-refractivity contribution in [2.24, 2.45) is 10.9 Å². The Kier molecular flexibility index (Phi) is 8.65. The maximum atomic E-state index is 11.6. The van der Waals surface area contributed by atoms with Crippen LogP contribution in [0.4, 0.5) is 0 Å².